The van der Waals surface area contributed by atoms with Crippen LogP contribution in [0.4, 0.5) is 13.2 Å². The highest BCUT2D eigenvalue weighted by molar-refractivity contribution is 9.28. The van der Waals surface area contributed by atoms with Crippen molar-refractivity contribution in [1.82, 2.24) is 4.98 Å². The Balaban J connectivity index is 2.23. The molecule has 2 aromatic rings. The lowest BCUT2D eigenvalue weighted by Crippen LogP contribution is -2.06. The highest BCUT2D eigenvalue weighted by Gasteiger charge is 2.31. The lowest BCUT2D eigenvalue weighted by atomic mass is 10.1. The lowest BCUT2D eigenvalue weighted by Gasteiger charge is -2.15. The summed E-state index contributed by atoms with van der Waals surface area (Å²) in [6.45, 7) is 4.02. The molecule has 140 valence electrons. The van der Waals surface area contributed by atoms with Gasteiger partial charge in [-0.05, 0) is 81.1 Å². The molecule has 1 aromatic carbocycles. The zero-order valence-corrected chi connectivity index (χ0v) is 17.6. The van der Waals surface area contributed by atoms with Crippen LogP contribution in [0.15, 0.2) is 33.9 Å². The standard InChI is InChI=1S/C17H13Br2ClF3NO2/c1-9-10(2)14(4-3-13(9)25-6-5-15(18)19)26-16-12(20)7-11(8-24-16)17(21,22)23/h3-5,7-8H,6H2,1-2H3. The van der Waals surface area contributed by atoms with Crippen LogP contribution in [0, 0.1) is 13.8 Å². The second-order valence-electron chi connectivity index (χ2n) is 5.23. The third-order valence-corrected chi connectivity index (χ3v) is 4.42. The van der Waals surface area contributed by atoms with E-state index in [1.807, 2.05) is 13.8 Å². The molecule has 2 rings (SSSR count). The minimum atomic E-state index is -4.51. The van der Waals surface area contributed by atoms with Crippen molar-refractivity contribution in [3.05, 3.63) is 55.6 Å². The summed E-state index contributed by atoms with van der Waals surface area (Å²) < 4.78 is 50.1. The lowest BCUT2D eigenvalue weighted by molar-refractivity contribution is -0.137. The van der Waals surface area contributed by atoms with E-state index in [1.165, 1.54) is 0 Å². The van der Waals surface area contributed by atoms with Crippen LogP contribution in [0.2, 0.25) is 5.02 Å². The summed E-state index contributed by atoms with van der Waals surface area (Å²) in [5, 5.41) is -0.218. The van der Waals surface area contributed by atoms with Crippen LogP contribution in [-0.2, 0) is 6.18 Å². The molecule has 0 bridgehead atoms. The number of hydrogen-bond acceptors (Lipinski definition) is 3. The number of aromatic nitrogens is 1. The average Bonchev–Trinajstić information content (AvgIpc) is 2.54. The topological polar surface area (TPSA) is 31.4 Å². The highest BCUT2D eigenvalue weighted by atomic mass is 79.9. The van der Waals surface area contributed by atoms with Gasteiger partial charge in [0.1, 0.15) is 23.1 Å². The van der Waals surface area contributed by atoms with Crippen molar-refractivity contribution in [3.63, 3.8) is 0 Å². The van der Waals surface area contributed by atoms with Crippen molar-refractivity contribution in [3.8, 4) is 17.4 Å². The maximum Gasteiger partial charge on any atom is 0.417 e. The average molecular weight is 516 g/mol. The molecule has 9 heteroatoms. The maximum absolute atomic E-state index is 12.7. The first-order chi connectivity index (χ1) is 12.1. The summed E-state index contributed by atoms with van der Waals surface area (Å²) in [6.07, 6.45) is -2.03. The quantitative estimate of drug-likeness (QED) is 0.423. The zero-order chi connectivity index (χ0) is 19.5. The maximum atomic E-state index is 12.7. The summed E-state index contributed by atoms with van der Waals surface area (Å²) in [7, 11) is 0. The smallest absolute Gasteiger partial charge is 0.417 e. The van der Waals surface area contributed by atoms with Crippen molar-refractivity contribution in [2.75, 3.05) is 6.61 Å². The Morgan fingerprint density at radius 1 is 1.19 bits per heavy atom. The summed E-state index contributed by atoms with van der Waals surface area (Å²) >= 11 is 12.4. The van der Waals surface area contributed by atoms with E-state index in [0.29, 0.717) is 24.3 Å². The van der Waals surface area contributed by atoms with Gasteiger partial charge in [0.2, 0.25) is 5.88 Å². The van der Waals surface area contributed by atoms with Gasteiger partial charge >= 0.3 is 6.18 Å². The Labute approximate surface area is 170 Å². The molecule has 0 fully saturated rings. The van der Waals surface area contributed by atoms with E-state index in [-0.39, 0.29) is 10.9 Å². The Kier molecular flexibility index (Phi) is 6.99. The third kappa shape index (κ3) is 5.37. The molecule has 1 aromatic heterocycles. The van der Waals surface area contributed by atoms with Crippen molar-refractivity contribution < 1.29 is 22.6 Å². The normalized spacial score (nSPS) is 11.2. The fourth-order valence-corrected chi connectivity index (χ4v) is 2.46. The van der Waals surface area contributed by atoms with Gasteiger partial charge in [0.25, 0.3) is 0 Å². The van der Waals surface area contributed by atoms with E-state index in [4.69, 9.17) is 21.1 Å². The molecule has 0 amide bonds. The van der Waals surface area contributed by atoms with Crippen molar-refractivity contribution in [2.45, 2.75) is 20.0 Å². The third-order valence-electron chi connectivity index (χ3n) is 3.51. The van der Waals surface area contributed by atoms with Crippen LogP contribution in [0.25, 0.3) is 0 Å². The molecular formula is C17H13Br2ClF3NO2. The molecule has 0 radical (unpaired) electrons. The fourth-order valence-electron chi connectivity index (χ4n) is 1.99. The molecule has 0 aliphatic heterocycles. The largest absolute Gasteiger partial charge is 0.489 e. The Morgan fingerprint density at radius 2 is 1.81 bits per heavy atom. The molecule has 0 saturated heterocycles. The van der Waals surface area contributed by atoms with E-state index in [9.17, 15) is 13.2 Å². The molecule has 0 spiro atoms. The number of hydrogen-bond donors (Lipinski definition) is 0. The van der Waals surface area contributed by atoms with Gasteiger partial charge in [-0.15, -0.1) is 0 Å². The number of benzene rings is 1. The summed E-state index contributed by atoms with van der Waals surface area (Å²) in [4.78, 5) is 3.68. The van der Waals surface area contributed by atoms with Gasteiger partial charge in [-0.2, -0.15) is 13.2 Å². The monoisotopic (exact) mass is 513 g/mol. The number of alkyl halides is 3. The van der Waals surface area contributed by atoms with E-state index in [0.717, 1.165) is 20.6 Å². The first-order valence-electron chi connectivity index (χ1n) is 7.24. The van der Waals surface area contributed by atoms with Gasteiger partial charge in [-0.25, -0.2) is 4.98 Å². The van der Waals surface area contributed by atoms with E-state index >= 15 is 0 Å². The molecule has 3 nitrogen and oxygen atoms in total. The van der Waals surface area contributed by atoms with Crippen LogP contribution in [0.5, 0.6) is 17.4 Å². The van der Waals surface area contributed by atoms with Gasteiger partial charge in [0.15, 0.2) is 0 Å². The molecule has 0 unspecified atom stereocenters. The first-order valence-corrected chi connectivity index (χ1v) is 9.20. The molecule has 0 aliphatic rings. The molecular weight excluding hydrogens is 502 g/mol. The Hall–Kier alpha value is -1.25. The summed E-state index contributed by atoms with van der Waals surface area (Å²) in [6, 6.07) is 4.15. The van der Waals surface area contributed by atoms with Gasteiger partial charge in [0, 0.05) is 6.20 Å². The van der Waals surface area contributed by atoms with Crippen molar-refractivity contribution in [1.29, 1.82) is 0 Å². The first kappa shape index (κ1) is 21.1. The summed E-state index contributed by atoms with van der Waals surface area (Å²) in [5.74, 6) is 1.00. The van der Waals surface area contributed by atoms with E-state index in [2.05, 4.69) is 36.8 Å². The molecule has 26 heavy (non-hydrogen) atoms. The van der Waals surface area contributed by atoms with Crippen LogP contribution in [0.1, 0.15) is 16.7 Å². The molecule has 0 atom stereocenters. The Morgan fingerprint density at radius 3 is 2.38 bits per heavy atom. The number of ether oxygens (including phenoxy) is 2. The van der Waals surface area contributed by atoms with Gasteiger partial charge in [-0.1, -0.05) is 11.6 Å². The highest BCUT2D eigenvalue weighted by Crippen LogP contribution is 2.37. The Bertz CT molecular complexity index is 837. The minimum absolute atomic E-state index is 0.0954. The van der Waals surface area contributed by atoms with Gasteiger partial charge < -0.3 is 9.47 Å². The zero-order valence-electron chi connectivity index (χ0n) is 13.6. The van der Waals surface area contributed by atoms with E-state index < -0.39 is 11.7 Å². The van der Waals surface area contributed by atoms with Crippen LogP contribution < -0.4 is 9.47 Å². The fraction of sp³-hybridized carbons (Fsp3) is 0.235. The number of nitrogens with zero attached hydrogens (tertiary/aromatic N) is 1. The molecule has 0 N–H and O–H groups in total. The van der Waals surface area contributed by atoms with Gasteiger partial charge in [0.05, 0.1) is 8.96 Å². The summed E-state index contributed by atoms with van der Waals surface area (Å²) in [5.41, 5.74) is 0.671. The number of rotatable bonds is 5. The van der Waals surface area contributed by atoms with Crippen molar-refractivity contribution >= 4 is 43.5 Å². The SMILES string of the molecule is Cc1c(OCC=C(Br)Br)ccc(Oc2ncc(C(F)(F)F)cc2Cl)c1C. The molecule has 1 heterocycles. The van der Waals surface area contributed by atoms with Crippen LogP contribution >= 0.6 is 43.5 Å². The number of pyridine rings is 1. The second-order valence-corrected chi connectivity index (χ2v) is 8.41. The van der Waals surface area contributed by atoms with Crippen LogP contribution in [0.3, 0.4) is 0 Å². The predicted octanol–water partition coefficient (Wildman–Crippen LogP) is 7.17. The molecule has 0 saturated carbocycles. The number of halogens is 6. The van der Waals surface area contributed by atoms with Gasteiger partial charge in [-0.3, -0.25) is 0 Å². The minimum Gasteiger partial charge on any atom is -0.489 e. The second kappa shape index (κ2) is 8.63. The molecule has 0 aliphatic carbocycles. The predicted molar refractivity (Wildman–Crippen MR) is 102 cm³/mol. The van der Waals surface area contributed by atoms with Crippen molar-refractivity contribution in [2.24, 2.45) is 0 Å². The van der Waals surface area contributed by atoms with E-state index in [1.54, 1.807) is 18.2 Å². The van der Waals surface area contributed by atoms with Crippen LogP contribution in [-0.4, -0.2) is 11.6 Å².